The number of carbonyl (C=O) groups excluding carboxylic acids is 1. The summed E-state index contributed by atoms with van der Waals surface area (Å²) in [5, 5.41) is 8.82. The smallest absolute Gasteiger partial charge is 0.420 e. The normalized spacial score (nSPS) is 19.8. The van der Waals surface area contributed by atoms with Crippen LogP contribution in [0.25, 0.3) is 0 Å². The van der Waals surface area contributed by atoms with E-state index in [1.165, 1.54) is 6.92 Å². The second-order valence-corrected chi connectivity index (χ2v) is 5.68. The van der Waals surface area contributed by atoms with Crippen molar-refractivity contribution in [2.24, 2.45) is 5.92 Å². The van der Waals surface area contributed by atoms with E-state index in [1.54, 1.807) is 0 Å². The molecule has 0 bridgehead atoms. The summed E-state index contributed by atoms with van der Waals surface area (Å²) < 4.78 is 69.2. The Bertz CT molecular complexity index is 413. The van der Waals surface area contributed by atoms with Gasteiger partial charge in [-0.1, -0.05) is 19.4 Å². The standard InChI is InChI=1S/C14H19F5O3/c1-8(2)11(20)22-10(9-5-3-4-6-9)7-13(15,16)12(21)14(17,18)19/h9-10,12,21H,1,3-7H2,2H3. The second kappa shape index (κ2) is 6.93. The minimum atomic E-state index is -5.44. The third-order valence-corrected chi connectivity index (χ3v) is 3.72. The van der Waals surface area contributed by atoms with E-state index in [0.29, 0.717) is 12.8 Å². The Balaban J connectivity index is 2.87. The lowest BCUT2D eigenvalue weighted by Gasteiger charge is -2.30. The molecule has 1 N–H and O–H groups in total. The van der Waals surface area contributed by atoms with Gasteiger partial charge in [-0.25, -0.2) is 13.6 Å². The number of hydrogen-bond donors (Lipinski definition) is 1. The zero-order valence-corrected chi connectivity index (χ0v) is 12.1. The third-order valence-electron chi connectivity index (χ3n) is 3.72. The van der Waals surface area contributed by atoms with Crippen molar-refractivity contribution in [2.45, 2.75) is 63.3 Å². The van der Waals surface area contributed by atoms with E-state index in [-0.39, 0.29) is 5.57 Å². The summed E-state index contributed by atoms with van der Waals surface area (Å²) in [5.74, 6) is -5.79. The highest BCUT2D eigenvalue weighted by Crippen LogP contribution is 2.40. The lowest BCUT2D eigenvalue weighted by atomic mass is 9.93. The van der Waals surface area contributed by atoms with Crippen molar-refractivity contribution in [1.82, 2.24) is 0 Å². The molecule has 1 aliphatic carbocycles. The Hall–Kier alpha value is -1.18. The van der Waals surface area contributed by atoms with Crippen molar-refractivity contribution in [3.8, 4) is 0 Å². The summed E-state index contributed by atoms with van der Waals surface area (Å²) in [4.78, 5) is 11.5. The van der Waals surface area contributed by atoms with E-state index in [1.807, 2.05) is 0 Å². The van der Waals surface area contributed by atoms with Crippen LogP contribution < -0.4 is 0 Å². The lowest BCUT2D eigenvalue weighted by Crippen LogP contribution is -2.48. The fourth-order valence-corrected chi connectivity index (χ4v) is 2.49. The molecule has 0 radical (unpaired) electrons. The number of alkyl halides is 5. The van der Waals surface area contributed by atoms with Crippen LogP contribution in [-0.4, -0.2) is 35.4 Å². The Morgan fingerprint density at radius 3 is 2.18 bits per heavy atom. The summed E-state index contributed by atoms with van der Waals surface area (Å²) in [7, 11) is 0. The Morgan fingerprint density at radius 2 is 1.77 bits per heavy atom. The maximum atomic E-state index is 13.7. The quantitative estimate of drug-likeness (QED) is 0.460. The summed E-state index contributed by atoms with van der Waals surface area (Å²) in [6.45, 7) is 4.63. The molecule has 0 amide bonds. The highest BCUT2D eigenvalue weighted by molar-refractivity contribution is 5.87. The van der Waals surface area contributed by atoms with Crippen LogP contribution in [0.4, 0.5) is 22.0 Å². The Labute approximate surface area is 125 Å². The van der Waals surface area contributed by atoms with Crippen molar-refractivity contribution in [3.63, 3.8) is 0 Å². The first-order valence-corrected chi connectivity index (χ1v) is 6.94. The third kappa shape index (κ3) is 4.93. The van der Waals surface area contributed by atoms with E-state index in [2.05, 4.69) is 6.58 Å². The summed E-state index contributed by atoms with van der Waals surface area (Å²) in [6.07, 6.45) is -9.51. The largest absolute Gasteiger partial charge is 0.459 e. The molecule has 0 heterocycles. The maximum absolute atomic E-state index is 13.7. The van der Waals surface area contributed by atoms with Crippen LogP contribution in [0, 0.1) is 5.92 Å². The zero-order valence-electron chi connectivity index (χ0n) is 12.1. The van der Waals surface area contributed by atoms with Gasteiger partial charge in [-0.05, 0) is 25.7 Å². The molecule has 0 aromatic carbocycles. The molecule has 1 rings (SSSR count). The van der Waals surface area contributed by atoms with Crippen LogP contribution in [0.5, 0.6) is 0 Å². The van der Waals surface area contributed by atoms with Crippen LogP contribution in [0.3, 0.4) is 0 Å². The second-order valence-electron chi connectivity index (χ2n) is 5.68. The van der Waals surface area contributed by atoms with Gasteiger partial charge in [0.15, 0.2) is 0 Å². The minimum absolute atomic E-state index is 0.0253. The molecule has 1 fully saturated rings. The number of carbonyl (C=O) groups is 1. The molecule has 0 aliphatic heterocycles. The fraction of sp³-hybridized carbons (Fsp3) is 0.786. The first-order chi connectivity index (χ1) is 9.95. The number of rotatable bonds is 6. The highest BCUT2D eigenvalue weighted by Gasteiger charge is 2.56. The van der Waals surface area contributed by atoms with Gasteiger partial charge < -0.3 is 9.84 Å². The van der Waals surface area contributed by atoms with Gasteiger partial charge in [0.05, 0.1) is 6.42 Å². The Morgan fingerprint density at radius 1 is 1.27 bits per heavy atom. The molecule has 2 unspecified atom stereocenters. The molecule has 22 heavy (non-hydrogen) atoms. The van der Waals surface area contributed by atoms with Gasteiger partial charge >= 0.3 is 12.1 Å². The SMILES string of the molecule is C=C(C)C(=O)OC(CC(F)(F)C(O)C(F)(F)F)C1CCCC1. The van der Waals surface area contributed by atoms with Crippen molar-refractivity contribution >= 4 is 5.97 Å². The van der Waals surface area contributed by atoms with Gasteiger partial charge in [-0.15, -0.1) is 0 Å². The predicted molar refractivity (Wildman–Crippen MR) is 68.3 cm³/mol. The summed E-state index contributed by atoms with van der Waals surface area (Å²) in [6, 6.07) is 0. The van der Waals surface area contributed by atoms with E-state index in [9.17, 15) is 26.7 Å². The number of ether oxygens (including phenoxy) is 1. The van der Waals surface area contributed by atoms with Crippen molar-refractivity contribution in [2.75, 3.05) is 0 Å². The number of hydrogen-bond acceptors (Lipinski definition) is 3. The van der Waals surface area contributed by atoms with Gasteiger partial charge in [0.25, 0.3) is 5.92 Å². The molecule has 128 valence electrons. The molecule has 1 saturated carbocycles. The van der Waals surface area contributed by atoms with E-state index < -0.39 is 42.6 Å². The van der Waals surface area contributed by atoms with Crippen LogP contribution in [0.2, 0.25) is 0 Å². The molecule has 3 nitrogen and oxygen atoms in total. The van der Waals surface area contributed by atoms with Crippen molar-refractivity contribution in [3.05, 3.63) is 12.2 Å². The monoisotopic (exact) mass is 330 g/mol. The number of aliphatic hydroxyl groups is 1. The molecule has 1 aliphatic rings. The van der Waals surface area contributed by atoms with Gasteiger partial charge in [-0.3, -0.25) is 0 Å². The molecule has 0 saturated heterocycles. The number of halogens is 5. The van der Waals surface area contributed by atoms with Gasteiger partial charge in [0, 0.05) is 5.57 Å². The van der Waals surface area contributed by atoms with Crippen molar-refractivity contribution in [1.29, 1.82) is 0 Å². The van der Waals surface area contributed by atoms with Gasteiger partial charge in [0.1, 0.15) is 6.10 Å². The Kier molecular flexibility index (Phi) is 5.95. The fourth-order valence-electron chi connectivity index (χ4n) is 2.49. The topological polar surface area (TPSA) is 46.5 Å². The molecule has 2 atom stereocenters. The summed E-state index contributed by atoms with van der Waals surface area (Å²) in [5.41, 5.74) is -0.0253. The van der Waals surface area contributed by atoms with Gasteiger partial charge in [0.2, 0.25) is 6.10 Å². The lowest BCUT2D eigenvalue weighted by molar-refractivity contribution is -0.275. The van der Waals surface area contributed by atoms with Gasteiger partial charge in [-0.2, -0.15) is 13.2 Å². The first kappa shape index (κ1) is 18.9. The highest BCUT2D eigenvalue weighted by atomic mass is 19.4. The van der Waals surface area contributed by atoms with E-state index >= 15 is 0 Å². The number of aliphatic hydroxyl groups excluding tert-OH is 1. The van der Waals surface area contributed by atoms with E-state index in [0.717, 1.165) is 12.8 Å². The summed E-state index contributed by atoms with van der Waals surface area (Å²) >= 11 is 0. The number of esters is 1. The maximum Gasteiger partial charge on any atom is 0.420 e. The van der Waals surface area contributed by atoms with Crippen LogP contribution in [0.15, 0.2) is 12.2 Å². The molecule has 0 aromatic rings. The van der Waals surface area contributed by atoms with Crippen LogP contribution in [-0.2, 0) is 9.53 Å². The molecule has 0 aromatic heterocycles. The molecular formula is C14H19F5O3. The molecule has 0 spiro atoms. The molecular weight excluding hydrogens is 311 g/mol. The molecule has 8 heteroatoms. The minimum Gasteiger partial charge on any atom is -0.459 e. The van der Waals surface area contributed by atoms with Crippen molar-refractivity contribution < 1.29 is 36.6 Å². The first-order valence-electron chi connectivity index (χ1n) is 6.94. The average molecular weight is 330 g/mol. The van der Waals surface area contributed by atoms with E-state index in [4.69, 9.17) is 9.84 Å². The van der Waals surface area contributed by atoms with Crippen LogP contribution >= 0.6 is 0 Å². The average Bonchev–Trinajstić information content (AvgIpc) is 2.89. The van der Waals surface area contributed by atoms with Crippen LogP contribution in [0.1, 0.15) is 39.0 Å². The predicted octanol–water partition coefficient (Wildman–Crippen LogP) is 3.61. The zero-order chi connectivity index (χ0) is 17.1.